The molecule has 0 saturated heterocycles. The Bertz CT molecular complexity index is 265. The second-order valence-corrected chi connectivity index (χ2v) is 7.74. The van der Waals surface area contributed by atoms with E-state index in [-0.39, 0.29) is 1.43 Å². The molecule has 0 bridgehead atoms. The van der Waals surface area contributed by atoms with E-state index in [4.69, 9.17) is 9.05 Å². The highest BCUT2D eigenvalue weighted by molar-refractivity contribution is 7.33. The monoisotopic (exact) mass is 362 g/mol. The number of hydrogen-bond acceptors (Lipinski definition) is 3. The molecule has 24 heavy (non-hydrogen) atoms. The molecule has 3 nitrogen and oxygen atoms in total. The van der Waals surface area contributed by atoms with Gasteiger partial charge >= 0.3 is 9.68 Å². The Labute approximate surface area is 153 Å². The predicted octanol–water partition coefficient (Wildman–Crippen LogP) is 8.07. The lowest BCUT2D eigenvalue weighted by atomic mass is 10.0. The van der Waals surface area contributed by atoms with Crippen molar-refractivity contribution in [1.29, 1.82) is 0 Å². The van der Waals surface area contributed by atoms with Crippen LogP contribution in [0.25, 0.3) is 0 Å². The van der Waals surface area contributed by atoms with Crippen molar-refractivity contribution in [3.8, 4) is 0 Å². The minimum absolute atomic E-state index is 0. The van der Waals surface area contributed by atoms with Gasteiger partial charge in [0.05, 0.1) is 0 Å². The van der Waals surface area contributed by atoms with E-state index in [1.165, 1.54) is 96.3 Å². The van der Waals surface area contributed by atoms with Gasteiger partial charge in [0.2, 0.25) is 0 Å². The number of unbranched alkanes of at least 4 members (excludes halogenated alkanes) is 15. The molecule has 144 valence electrons. The van der Waals surface area contributed by atoms with Crippen LogP contribution >= 0.6 is 8.25 Å². The number of rotatable bonds is 20. The summed E-state index contributed by atoms with van der Waals surface area (Å²) >= 11 is 0. The van der Waals surface area contributed by atoms with Crippen LogP contribution in [0, 0.1) is 0 Å². The van der Waals surface area contributed by atoms with Crippen LogP contribution in [0.2, 0.25) is 0 Å². The molecule has 1 unspecified atom stereocenters. The third-order valence-corrected chi connectivity index (χ3v) is 5.29. The van der Waals surface area contributed by atoms with Gasteiger partial charge in [0.15, 0.2) is 0 Å². The van der Waals surface area contributed by atoms with Crippen molar-refractivity contribution < 1.29 is 15.0 Å². The summed E-state index contributed by atoms with van der Waals surface area (Å²) in [6, 6.07) is 0. The van der Waals surface area contributed by atoms with Crippen molar-refractivity contribution in [1.82, 2.24) is 0 Å². The largest absolute Gasteiger partial charge is 1.00 e. The average molecular weight is 363 g/mol. The molecule has 0 spiro atoms. The van der Waals surface area contributed by atoms with E-state index in [0.717, 1.165) is 6.42 Å². The topological polar surface area (TPSA) is 35.5 Å². The molecule has 1 atom stereocenters. The SMILES string of the molecule is CCCCCCCCCCCCCCCCCCO[P+](=O)OCC.[H+]. The zero-order valence-electron chi connectivity index (χ0n) is 17.4. The Morgan fingerprint density at radius 2 is 0.958 bits per heavy atom. The summed E-state index contributed by atoms with van der Waals surface area (Å²) in [5, 5.41) is 0. The smallest absolute Gasteiger partial charge is 0.119 e. The first-order valence-corrected chi connectivity index (χ1v) is 11.6. The highest BCUT2D eigenvalue weighted by Gasteiger charge is 2.17. The Balaban J connectivity index is 0. The quantitative estimate of drug-likeness (QED) is 0.162. The van der Waals surface area contributed by atoms with E-state index in [0.29, 0.717) is 13.2 Å². The first-order valence-electron chi connectivity index (χ1n) is 10.5. The summed E-state index contributed by atoms with van der Waals surface area (Å²) in [5.41, 5.74) is 0. The maximum absolute atomic E-state index is 11.1. The molecule has 0 rings (SSSR count). The molecule has 0 fully saturated rings. The number of hydrogen-bond donors (Lipinski definition) is 0. The van der Waals surface area contributed by atoms with Gasteiger partial charge in [0.25, 0.3) is 0 Å². The zero-order valence-corrected chi connectivity index (χ0v) is 17.3. The van der Waals surface area contributed by atoms with Crippen LogP contribution in [0.1, 0.15) is 118 Å². The first kappa shape index (κ1) is 24.0. The minimum Gasteiger partial charge on any atom is -0.119 e. The molecule has 0 aromatic rings. The van der Waals surface area contributed by atoms with E-state index in [2.05, 4.69) is 6.92 Å². The first-order chi connectivity index (χ1) is 11.8. The summed E-state index contributed by atoms with van der Waals surface area (Å²) in [7, 11) is -1.87. The van der Waals surface area contributed by atoms with Crippen LogP contribution in [0.15, 0.2) is 0 Å². The second-order valence-electron chi connectivity index (χ2n) is 6.78. The van der Waals surface area contributed by atoms with Crippen LogP contribution in [-0.4, -0.2) is 13.2 Å². The summed E-state index contributed by atoms with van der Waals surface area (Å²) in [5.74, 6) is 0. The summed E-state index contributed by atoms with van der Waals surface area (Å²) < 4.78 is 21.1. The Hall–Kier alpha value is 0.0200. The van der Waals surface area contributed by atoms with Crippen molar-refractivity contribution in [3.63, 3.8) is 0 Å². The van der Waals surface area contributed by atoms with Gasteiger partial charge in [-0.05, 0) is 13.3 Å². The molecule has 0 amide bonds. The van der Waals surface area contributed by atoms with E-state index < -0.39 is 8.25 Å². The molecule has 0 aromatic heterocycles. The van der Waals surface area contributed by atoms with Gasteiger partial charge in [0.1, 0.15) is 13.2 Å². The molecule has 0 aliphatic carbocycles. The van der Waals surface area contributed by atoms with Gasteiger partial charge in [-0.3, -0.25) is 0 Å². The molecular formula is C20H43O3P+2. The minimum atomic E-state index is -1.87. The highest BCUT2D eigenvalue weighted by atomic mass is 31.1. The normalized spacial score (nSPS) is 11.8. The fraction of sp³-hybridized carbons (Fsp3) is 1.00. The van der Waals surface area contributed by atoms with Crippen molar-refractivity contribution in [3.05, 3.63) is 0 Å². The Morgan fingerprint density at radius 1 is 0.583 bits per heavy atom. The lowest BCUT2D eigenvalue weighted by Gasteiger charge is -2.03. The third kappa shape index (κ3) is 20.1. The van der Waals surface area contributed by atoms with Crippen molar-refractivity contribution >= 4 is 8.25 Å². The summed E-state index contributed by atoms with van der Waals surface area (Å²) in [6.45, 7) is 5.12. The molecule has 4 heteroatoms. The fourth-order valence-corrected chi connectivity index (χ4v) is 3.50. The zero-order chi connectivity index (χ0) is 17.7. The highest BCUT2D eigenvalue weighted by Crippen LogP contribution is 2.23. The van der Waals surface area contributed by atoms with Crippen LogP contribution in [0.3, 0.4) is 0 Å². The Kier molecular flexibility index (Phi) is 21.1. The van der Waals surface area contributed by atoms with Gasteiger partial charge in [-0.2, -0.15) is 0 Å². The second kappa shape index (κ2) is 21.1. The predicted molar refractivity (Wildman–Crippen MR) is 106 cm³/mol. The molecule has 0 radical (unpaired) electrons. The van der Waals surface area contributed by atoms with Gasteiger partial charge in [0, 0.05) is 4.57 Å². The molecule has 0 aliphatic rings. The summed E-state index contributed by atoms with van der Waals surface area (Å²) in [4.78, 5) is 0. The average Bonchev–Trinajstić information content (AvgIpc) is 2.58. The third-order valence-electron chi connectivity index (χ3n) is 4.43. The van der Waals surface area contributed by atoms with Crippen molar-refractivity contribution in [2.45, 2.75) is 117 Å². The standard InChI is InChI=1S/C20H42O3P/c1-3-5-6-7-8-9-10-11-12-13-14-15-16-17-18-19-20-23-24(21)22-4-2/h3-20H2,1-2H3/q+1/p+1. The Morgan fingerprint density at radius 3 is 1.33 bits per heavy atom. The maximum atomic E-state index is 11.1. The lowest BCUT2D eigenvalue weighted by Crippen LogP contribution is -1.89. The van der Waals surface area contributed by atoms with Crippen LogP contribution < -0.4 is 0 Å². The molecule has 0 N–H and O–H groups in total. The molecule has 0 aliphatic heterocycles. The lowest BCUT2D eigenvalue weighted by molar-refractivity contribution is 0.229. The van der Waals surface area contributed by atoms with Gasteiger partial charge in [-0.25, -0.2) is 0 Å². The van der Waals surface area contributed by atoms with Gasteiger partial charge in [-0.1, -0.05) is 103 Å². The maximum Gasteiger partial charge on any atom is 1.00 e. The molecule has 0 aromatic carbocycles. The van der Waals surface area contributed by atoms with Crippen LogP contribution in [-0.2, 0) is 13.6 Å². The van der Waals surface area contributed by atoms with E-state index >= 15 is 0 Å². The van der Waals surface area contributed by atoms with Crippen LogP contribution in [0.4, 0.5) is 0 Å². The van der Waals surface area contributed by atoms with Gasteiger partial charge < -0.3 is 0 Å². The van der Waals surface area contributed by atoms with Crippen LogP contribution in [0.5, 0.6) is 0 Å². The summed E-state index contributed by atoms with van der Waals surface area (Å²) in [6.07, 6.45) is 21.8. The molecule has 0 heterocycles. The van der Waals surface area contributed by atoms with Crippen molar-refractivity contribution in [2.75, 3.05) is 13.2 Å². The van der Waals surface area contributed by atoms with E-state index in [1.807, 2.05) is 6.92 Å². The van der Waals surface area contributed by atoms with Gasteiger partial charge in [-0.15, -0.1) is 9.05 Å². The fourth-order valence-electron chi connectivity index (χ4n) is 2.93. The van der Waals surface area contributed by atoms with E-state index in [9.17, 15) is 4.57 Å². The van der Waals surface area contributed by atoms with E-state index in [1.54, 1.807) is 0 Å². The molecular weight excluding hydrogens is 319 g/mol. The van der Waals surface area contributed by atoms with Crippen molar-refractivity contribution in [2.24, 2.45) is 0 Å². The molecule has 0 saturated carbocycles.